The quantitative estimate of drug-likeness (QED) is 0.525. The maximum Gasteiger partial charge on any atom is 0.231 e. The highest BCUT2D eigenvalue weighted by Crippen LogP contribution is 2.37. The van der Waals surface area contributed by atoms with Crippen molar-refractivity contribution < 1.29 is 19.1 Å². The summed E-state index contributed by atoms with van der Waals surface area (Å²) < 4.78 is 10.2. The van der Waals surface area contributed by atoms with Crippen LogP contribution in [0.1, 0.15) is 27.6 Å². The molecular formula is C10H8O4. The molecule has 1 aromatic carbocycles. The molecular weight excluding hydrogens is 184 g/mol. The molecule has 0 aromatic heterocycles. The van der Waals surface area contributed by atoms with Gasteiger partial charge in [-0.05, 0) is 19.1 Å². The zero-order valence-corrected chi connectivity index (χ0v) is 7.57. The number of aldehydes is 1. The van der Waals surface area contributed by atoms with E-state index < -0.39 is 0 Å². The van der Waals surface area contributed by atoms with Gasteiger partial charge >= 0.3 is 0 Å². The largest absolute Gasteiger partial charge is 0.454 e. The van der Waals surface area contributed by atoms with Crippen LogP contribution in [0.15, 0.2) is 12.1 Å². The summed E-state index contributed by atoms with van der Waals surface area (Å²) in [6.45, 7) is 1.49. The van der Waals surface area contributed by atoms with Gasteiger partial charge in [0.1, 0.15) is 0 Å². The van der Waals surface area contributed by atoms with Crippen molar-refractivity contribution >= 4 is 12.1 Å². The summed E-state index contributed by atoms with van der Waals surface area (Å²) in [5.74, 6) is 0.692. The summed E-state index contributed by atoms with van der Waals surface area (Å²) in [6, 6.07) is 3.18. The highest BCUT2D eigenvalue weighted by molar-refractivity contribution is 6.04. The first-order chi connectivity index (χ1) is 6.74. The first-order valence-corrected chi connectivity index (χ1v) is 4.12. The molecule has 4 nitrogen and oxygen atoms in total. The molecule has 0 fully saturated rings. The minimum absolute atomic E-state index is 0.0952. The number of ether oxygens (including phenoxy) is 2. The van der Waals surface area contributed by atoms with Crippen molar-refractivity contribution in [2.45, 2.75) is 6.92 Å². The number of carbonyl (C=O) groups excluding carboxylic acids is 2. The predicted molar refractivity (Wildman–Crippen MR) is 48.0 cm³/mol. The van der Waals surface area contributed by atoms with Crippen LogP contribution in [-0.2, 0) is 0 Å². The molecule has 14 heavy (non-hydrogen) atoms. The Hall–Kier alpha value is -1.84. The summed E-state index contributed by atoms with van der Waals surface area (Å²) in [5, 5.41) is 0. The van der Waals surface area contributed by atoms with E-state index in [1.807, 2.05) is 0 Å². The fraction of sp³-hybridized carbons (Fsp3) is 0.200. The van der Waals surface area contributed by atoms with Gasteiger partial charge in [0.05, 0.1) is 5.56 Å². The third-order valence-electron chi connectivity index (χ3n) is 2.05. The Morgan fingerprint density at radius 3 is 2.86 bits per heavy atom. The van der Waals surface area contributed by atoms with E-state index in [2.05, 4.69) is 0 Å². The van der Waals surface area contributed by atoms with Crippen LogP contribution < -0.4 is 9.47 Å². The molecule has 0 spiro atoms. The molecule has 72 valence electrons. The smallest absolute Gasteiger partial charge is 0.231 e. The fourth-order valence-corrected chi connectivity index (χ4v) is 1.45. The summed E-state index contributed by atoms with van der Waals surface area (Å²) in [7, 11) is 0. The Balaban J connectivity index is 2.68. The van der Waals surface area contributed by atoms with Gasteiger partial charge in [0.2, 0.25) is 6.79 Å². The molecule has 0 unspecified atom stereocenters. The van der Waals surface area contributed by atoms with Crippen molar-refractivity contribution in [3.8, 4) is 11.5 Å². The maximum absolute atomic E-state index is 11.3. The number of hydrogen-bond donors (Lipinski definition) is 0. The van der Waals surface area contributed by atoms with Gasteiger partial charge in [0.25, 0.3) is 0 Å². The minimum Gasteiger partial charge on any atom is -0.454 e. The topological polar surface area (TPSA) is 52.6 Å². The van der Waals surface area contributed by atoms with Gasteiger partial charge in [0, 0.05) is 5.56 Å². The Morgan fingerprint density at radius 2 is 2.21 bits per heavy atom. The van der Waals surface area contributed by atoms with Crippen LogP contribution in [0.2, 0.25) is 0 Å². The van der Waals surface area contributed by atoms with Gasteiger partial charge in [-0.25, -0.2) is 0 Å². The third kappa shape index (κ3) is 1.16. The van der Waals surface area contributed by atoms with Crippen LogP contribution in [0.5, 0.6) is 11.5 Å². The van der Waals surface area contributed by atoms with E-state index in [1.165, 1.54) is 6.92 Å². The van der Waals surface area contributed by atoms with E-state index in [1.54, 1.807) is 12.1 Å². The van der Waals surface area contributed by atoms with Crippen molar-refractivity contribution in [3.63, 3.8) is 0 Å². The molecule has 0 atom stereocenters. The predicted octanol–water partition coefficient (Wildman–Crippen LogP) is 1.43. The molecule has 0 aliphatic carbocycles. The second kappa shape index (κ2) is 3.14. The number of hydrogen-bond acceptors (Lipinski definition) is 4. The van der Waals surface area contributed by atoms with Gasteiger partial charge in [-0.15, -0.1) is 0 Å². The standard InChI is InChI=1S/C10H8O4/c1-6(12)9-7(4-11)2-3-8-10(9)14-5-13-8/h2-4H,5H2,1H3. The second-order valence-electron chi connectivity index (χ2n) is 2.94. The van der Waals surface area contributed by atoms with E-state index in [-0.39, 0.29) is 12.6 Å². The van der Waals surface area contributed by atoms with Crippen LogP contribution in [0.25, 0.3) is 0 Å². The Labute approximate surface area is 80.4 Å². The van der Waals surface area contributed by atoms with Crippen molar-refractivity contribution in [2.24, 2.45) is 0 Å². The van der Waals surface area contributed by atoms with Crippen molar-refractivity contribution in [3.05, 3.63) is 23.3 Å². The molecule has 1 aromatic rings. The number of rotatable bonds is 2. The zero-order valence-electron chi connectivity index (χ0n) is 7.57. The average molecular weight is 192 g/mol. The molecule has 0 saturated carbocycles. The number of carbonyl (C=O) groups is 2. The average Bonchev–Trinajstić information content (AvgIpc) is 2.62. The fourth-order valence-electron chi connectivity index (χ4n) is 1.45. The lowest BCUT2D eigenvalue weighted by molar-refractivity contribution is 0.100. The van der Waals surface area contributed by atoms with E-state index in [0.29, 0.717) is 28.9 Å². The van der Waals surface area contributed by atoms with Gasteiger partial charge in [-0.2, -0.15) is 0 Å². The molecule has 0 bridgehead atoms. The number of benzene rings is 1. The molecule has 1 aliphatic heterocycles. The Kier molecular flexibility index (Phi) is 1.96. The number of fused-ring (bicyclic) bond motifs is 1. The van der Waals surface area contributed by atoms with Crippen LogP contribution >= 0.6 is 0 Å². The van der Waals surface area contributed by atoms with E-state index >= 15 is 0 Å². The van der Waals surface area contributed by atoms with Crippen molar-refractivity contribution in [2.75, 3.05) is 6.79 Å². The first kappa shape index (κ1) is 8.74. The first-order valence-electron chi connectivity index (χ1n) is 4.12. The van der Waals surface area contributed by atoms with E-state index in [4.69, 9.17) is 9.47 Å². The van der Waals surface area contributed by atoms with Gasteiger partial charge in [0.15, 0.2) is 23.6 Å². The second-order valence-corrected chi connectivity index (χ2v) is 2.94. The molecule has 1 aliphatic rings. The molecule has 1 heterocycles. The van der Waals surface area contributed by atoms with E-state index in [0.717, 1.165) is 0 Å². The normalized spacial score (nSPS) is 12.6. The summed E-state index contributed by atoms with van der Waals surface area (Å²) in [5.41, 5.74) is 0.636. The number of ketones is 1. The monoisotopic (exact) mass is 192 g/mol. The molecule has 2 rings (SSSR count). The highest BCUT2D eigenvalue weighted by Gasteiger charge is 2.22. The van der Waals surface area contributed by atoms with Crippen LogP contribution in [-0.4, -0.2) is 18.9 Å². The highest BCUT2D eigenvalue weighted by atomic mass is 16.7. The molecule has 4 heteroatoms. The van der Waals surface area contributed by atoms with Crippen molar-refractivity contribution in [1.29, 1.82) is 0 Å². The van der Waals surface area contributed by atoms with Crippen LogP contribution in [0.4, 0.5) is 0 Å². The van der Waals surface area contributed by atoms with Gasteiger partial charge < -0.3 is 9.47 Å². The van der Waals surface area contributed by atoms with Crippen LogP contribution in [0.3, 0.4) is 0 Å². The molecule has 0 N–H and O–H groups in total. The van der Waals surface area contributed by atoms with Crippen molar-refractivity contribution in [1.82, 2.24) is 0 Å². The Morgan fingerprint density at radius 1 is 1.43 bits per heavy atom. The summed E-state index contributed by atoms with van der Waals surface area (Å²) in [4.78, 5) is 22.0. The lowest BCUT2D eigenvalue weighted by atomic mass is 10.0. The van der Waals surface area contributed by atoms with E-state index in [9.17, 15) is 9.59 Å². The lowest BCUT2D eigenvalue weighted by Gasteiger charge is -2.04. The molecule has 0 amide bonds. The van der Waals surface area contributed by atoms with Gasteiger partial charge in [-0.3, -0.25) is 9.59 Å². The van der Waals surface area contributed by atoms with Crippen LogP contribution in [0, 0.1) is 0 Å². The zero-order chi connectivity index (χ0) is 10.1. The minimum atomic E-state index is -0.200. The maximum atomic E-state index is 11.3. The lowest BCUT2D eigenvalue weighted by Crippen LogP contribution is -2.01. The SMILES string of the molecule is CC(=O)c1c(C=O)ccc2c1OCO2. The Bertz CT molecular complexity index is 409. The summed E-state index contributed by atoms with van der Waals surface area (Å²) in [6.07, 6.45) is 0.638. The number of Topliss-reactive ketones (excluding diaryl/α,β-unsaturated/α-hetero) is 1. The van der Waals surface area contributed by atoms with Gasteiger partial charge in [-0.1, -0.05) is 0 Å². The summed E-state index contributed by atoms with van der Waals surface area (Å²) >= 11 is 0. The molecule has 0 radical (unpaired) electrons. The molecule has 0 saturated heterocycles. The third-order valence-corrected chi connectivity index (χ3v) is 2.05.